The van der Waals surface area contributed by atoms with E-state index < -0.39 is 17.6 Å². The molecule has 128 valence electrons. The molecule has 0 spiro atoms. The summed E-state index contributed by atoms with van der Waals surface area (Å²) in [5, 5.41) is 8.82. The van der Waals surface area contributed by atoms with Gasteiger partial charge in [0, 0.05) is 12.3 Å². The van der Waals surface area contributed by atoms with E-state index in [1.807, 2.05) is 6.07 Å². The molecule has 1 amide bonds. The molecule has 0 bridgehead atoms. The molecule has 1 fully saturated rings. The number of nitrogens with zero attached hydrogens (tertiary/aromatic N) is 3. The highest BCUT2D eigenvalue weighted by molar-refractivity contribution is 5.96. The molecule has 0 atom stereocenters. The molecule has 1 saturated heterocycles. The number of rotatable bonds is 3. The molecule has 1 aliphatic rings. The van der Waals surface area contributed by atoms with Crippen molar-refractivity contribution in [1.29, 1.82) is 5.26 Å². The Balaban J connectivity index is 1.65. The van der Waals surface area contributed by atoms with E-state index in [2.05, 4.69) is 4.98 Å². The first-order chi connectivity index (χ1) is 11.9. The third-order valence-corrected chi connectivity index (χ3v) is 3.75. The average molecular weight is 347 g/mol. The van der Waals surface area contributed by atoms with Gasteiger partial charge >= 0.3 is 6.18 Å². The van der Waals surface area contributed by atoms with Crippen LogP contribution in [-0.2, 0) is 6.18 Å². The second-order valence-electron chi connectivity index (χ2n) is 5.49. The SMILES string of the molecule is N#Cc1ccnc(OC2CN(C(=O)c3ccccc3C(F)(F)F)C2)c1. The topological polar surface area (TPSA) is 66.2 Å². The summed E-state index contributed by atoms with van der Waals surface area (Å²) in [6, 6.07) is 9.63. The van der Waals surface area contributed by atoms with Crippen molar-refractivity contribution in [2.24, 2.45) is 0 Å². The fourth-order valence-electron chi connectivity index (χ4n) is 2.48. The van der Waals surface area contributed by atoms with E-state index in [0.29, 0.717) is 5.56 Å². The molecule has 0 saturated carbocycles. The molecule has 0 N–H and O–H groups in total. The Labute approximate surface area is 141 Å². The lowest BCUT2D eigenvalue weighted by molar-refractivity contribution is -0.138. The van der Waals surface area contributed by atoms with Gasteiger partial charge in [0.25, 0.3) is 5.91 Å². The van der Waals surface area contributed by atoms with Crippen molar-refractivity contribution < 1.29 is 22.7 Å². The Hall–Kier alpha value is -3.08. The fraction of sp³-hybridized carbons (Fsp3) is 0.235. The predicted molar refractivity (Wildman–Crippen MR) is 80.7 cm³/mol. The Kier molecular flexibility index (Phi) is 4.31. The van der Waals surface area contributed by atoms with E-state index in [-0.39, 0.29) is 30.6 Å². The van der Waals surface area contributed by atoms with Crippen molar-refractivity contribution in [3.8, 4) is 11.9 Å². The van der Waals surface area contributed by atoms with E-state index in [4.69, 9.17) is 10.00 Å². The summed E-state index contributed by atoms with van der Waals surface area (Å²) >= 11 is 0. The van der Waals surface area contributed by atoms with Gasteiger partial charge in [-0.05, 0) is 18.2 Å². The highest BCUT2D eigenvalue weighted by Crippen LogP contribution is 2.33. The lowest BCUT2D eigenvalue weighted by Gasteiger charge is -2.39. The average Bonchev–Trinajstić information content (AvgIpc) is 2.56. The van der Waals surface area contributed by atoms with Crippen molar-refractivity contribution in [2.75, 3.05) is 13.1 Å². The number of hydrogen-bond acceptors (Lipinski definition) is 4. The van der Waals surface area contributed by atoms with Crippen LogP contribution in [0.2, 0.25) is 0 Å². The number of nitriles is 1. The normalized spacial score (nSPS) is 14.6. The fourth-order valence-corrected chi connectivity index (χ4v) is 2.48. The number of amides is 1. The second-order valence-corrected chi connectivity index (χ2v) is 5.49. The summed E-state index contributed by atoms with van der Waals surface area (Å²) in [6.07, 6.45) is -3.53. The Bertz CT molecular complexity index is 840. The smallest absolute Gasteiger partial charge is 0.417 e. The van der Waals surface area contributed by atoms with Gasteiger partial charge in [0.1, 0.15) is 6.10 Å². The van der Waals surface area contributed by atoms with E-state index in [9.17, 15) is 18.0 Å². The molecule has 5 nitrogen and oxygen atoms in total. The minimum atomic E-state index is -4.59. The lowest BCUT2D eigenvalue weighted by atomic mass is 10.0. The maximum atomic E-state index is 13.0. The van der Waals surface area contributed by atoms with Gasteiger partial charge in [-0.3, -0.25) is 4.79 Å². The van der Waals surface area contributed by atoms with Crippen molar-refractivity contribution in [3.05, 3.63) is 59.3 Å². The van der Waals surface area contributed by atoms with Gasteiger partial charge < -0.3 is 9.64 Å². The zero-order valence-electron chi connectivity index (χ0n) is 12.8. The summed E-state index contributed by atoms with van der Waals surface area (Å²) < 4.78 is 44.5. The molecule has 1 aromatic carbocycles. The monoisotopic (exact) mass is 347 g/mol. The molecule has 25 heavy (non-hydrogen) atoms. The number of ether oxygens (including phenoxy) is 1. The van der Waals surface area contributed by atoms with Gasteiger partial charge in [-0.15, -0.1) is 0 Å². The van der Waals surface area contributed by atoms with Gasteiger partial charge in [0.2, 0.25) is 5.88 Å². The summed E-state index contributed by atoms with van der Waals surface area (Å²) in [4.78, 5) is 17.5. The molecule has 2 heterocycles. The molecule has 0 aliphatic carbocycles. The standard InChI is InChI=1S/C17H12F3N3O2/c18-17(19,20)14-4-2-1-3-13(14)16(24)23-9-12(10-23)25-15-7-11(8-21)5-6-22-15/h1-7,12H,9-10H2. The molecule has 0 radical (unpaired) electrons. The Morgan fingerprint density at radius 3 is 2.68 bits per heavy atom. The molecular formula is C17H12F3N3O2. The highest BCUT2D eigenvalue weighted by atomic mass is 19.4. The number of halogens is 3. The number of carbonyl (C=O) groups is 1. The molecular weight excluding hydrogens is 335 g/mol. The number of aromatic nitrogens is 1. The van der Waals surface area contributed by atoms with Crippen molar-refractivity contribution >= 4 is 5.91 Å². The van der Waals surface area contributed by atoms with Crippen molar-refractivity contribution in [1.82, 2.24) is 9.88 Å². The number of alkyl halides is 3. The zero-order valence-corrected chi connectivity index (χ0v) is 12.8. The number of likely N-dealkylation sites (tertiary alicyclic amines) is 1. The van der Waals surface area contributed by atoms with Crippen LogP contribution in [0, 0.1) is 11.3 Å². The number of carbonyl (C=O) groups excluding carboxylic acids is 1. The molecule has 1 aliphatic heterocycles. The predicted octanol–water partition coefficient (Wildman–Crippen LogP) is 2.88. The molecule has 0 unspecified atom stereocenters. The maximum absolute atomic E-state index is 13.0. The summed E-state index contributed by atoms with van der Waals surface area (Å²) in [5.41, 5.74) is -0.942. The zero-order chi connectivity index (χ0) is 18.0. The minimum Gasteiger partial charge on any atom is -0.471 e. The largest absolute Gasteiger partial charge is 0.471 e. The molecule has 2 aromatic rings. The Morgan fingerprint density at radius 1 is 1.28 bits per heavy atom. The molecule has 3 rings (SSSR count). The first kappa shape index (κ1) is 16.8. The van der Waals surface area contributed by atoms with Gasteiger partial charge in [-0.25, -0.2) is 4.98 Å². The summed E-state index contributed by atoms with van der Waals surface area (Å²) in [6.45, 7) is 0.312. The van der Waals surface area contributed by atoms with Crippen molar-refractivity contribution in [2.45, 2.75) is 12.3 Å². The van der Waals surface area contributed by atoms with Crippen LogP contribution in [0.4, 0.5) is 13.2 Å². The quantitative estimate of drug-likeness (QED) is 0.856. The van der Waals surface area contributed by atoms with E-state index in [1.165, 1.54) is 35.4 Å². The van der Waals surface area contributed by atoms with Crippen LogP contribution in [0.1, 0.15) is 21.5 Å². The molecule has 1 aromatic heterocycles. The number of benzene rings is 1. The van der Waals surface area contributed by atoms with Crippen LogP contribution in [0.15, 0.2) is 42.6 Å². The van der Waals surface area contributed by atoms with Gasteiger partial charge in [-0.1, -0.05) is 12.1 Å². The van der Waals surface area contributed by atoms with E-state index >= 15 is 0 Å². The van der Waals surface area contributed by atoms with Crippen LogP contribution >= 0.6 is 0 Å². The lowest BCUT2D eigenvalue weighted by Crippen LogP contribution is -2.56. The van der Waals surface area contributed by atoms with E-state index in [0.717, 1.165) is 12.1 Å². The first-order valence-corrected chi connectivity index (χ1v) is 7.37. The van der Waals surface area contributed by atoms with E-state index in [1.54, 1.807) is 0 Å². The molecule has 8 heteroatoms. The summed E-state index contributed by atoms with van der Waals surface area (Å²) in [7, 11) is 0. The summed E-state index contributed by atoms with van der Waals surface area (Å²) in [5.74, 6) is -0.446. The third kappa shape index (κ3) is 3.55. The van der Waals surface area contributed by atoms with Crippen LogP contribution in [0.5, 0.6) is 5.88 Å². The van der Waals surface area contributed by atoms with Gasteiger partial charge in [-0.2, -0.15) is 18.4 Å². The maximum Gasteiger partial charge on any atom is 0.417 e. The first-order valence-electron chi connectivity index (χ1n) is 7.37. The van der Waals surface area contributed by atoms with Gasteiger partial charge in [0.05, 0.1) is 35.8 Å². The number of hydrogen-bond donors (Lipinski definition) is 0. The Morgan fingerprint density at radius 2 is 2.00 bits per heavy atom. The minimum absolute atomic E-state index is 0.156. The second kappa shape index (κ2) is 6.43. The van der Waals surface area contributed by atoms with Gasteiger partial charge in [0.15, 0.2) is 0 Å². The van der Waals surface area contributed by atoms with Crippen LogP contribution in [0.25, 0.3) is 0 Å². The number of pyridine rings is 1. The third-order valence-electron chi connectivity index (χ3n) is 3.75. The van der Waals surface area contributed by atoms with Crippen LogP contribution in [-0.4, -0.2) is 35.0 Å². The highest BCUT2D eigenvalue weighted by Gasteiger charge is 2.39. The van der Waals surface area contributed by atoms with Crippen LogP contribution in [0.3, 0.4) is 0 Å². The van der Waals surface area contributed by atoms with Crippen molar-refractivity contribution in [3.63, 3.8) is 0 Å². The van der Waals surface area contributed by atoms with Crippen LogP contribution < -0.4 is 4.74 Å².